The van der Waals surface area contributed by atoms with Gasteiger partial charge in [-0.05, 0) is 5.92 Å². The molecule has 0 spiro atoms. The summed E-state index contributed by atoms with van der Waals surface area (Å²) in [6.45, 7) is 8.98. The quantitative estimate of drug-likeness (QED) is 0.543. The number of piperazine rings is 1. The Morgan fingerprint density at radius 2 is 1.43 bits per heavy atom. The van der Waals surface area contributed by atoms with Crippen molar-refractivity contribution in [1.29, 1.82) is 0 Å². The van der Waals surface area contributed by atoms with Gasteiger partial charge in [-0.2, -0.15) is 0 Å². The van der Waals surface area contributed by atoms with E-state index in [2.05, 4.69) is 10.2 Å². The molecule has 164 valence electrons. The van der Waals surface area contributed by atoms with Crippen LogP contribution in [0.5, 0.6) is 0 Å². The zero-order valence-corrected chi connectivity index (χ0v) is 18.2. The molecule has 28 heavy (non-hydrogen) atoms. The molecule has 0 aromatic carbocycles. The largest absolute Gasteiger partial charge is 0.379 e. The number of amides is 3. The maximum Gasteiger partial charge on any atom is 0.242 e. The number of ether oxygens (including phenoxy) is 1. The molecular weight excluding hydrogens is 409 g/mol. The van der Waals surface area contributed by atoms with E-state index in [1.54, 1.807) is 9.80 Å². The van der Waals surface area contributed by atoms with Crippen molar-refractivity contribution in [2.45, 2.75) is 19.9 Å². The summed E-state index contributed by atoms with van der Waals surface area (Å²) >= 11 is 0. The molecule has 11 heteroatoms. The lowest BCUT2D eigenvalue weighted by molar-refractivity contribution is -0.140. The Bertz CT molecular complexity index is 510. The van der Waals surface area contributed by atoms with Gasteiger partial charge in [-0.15, -0.1) is 24.8 Å². The maximum absolute atomic E-state index is 12.4. The zero-order valence-electron chi connectivity index (χ0n) is 16.6. The van der Waals surface area contributed by atoms with E-state index in [1.165, 1.54) is 0 Å². The van der Waals surface area contributed by atoms with Crippen LogP contribution in [0.4, 0.5) is 0 Å². The van der Waals surface area contributed by atoms with Crippen molar-refractivity contribution >= 4 is 42.5 Å². The molecule has 0 unspecified atom stereocenters. The van der Waals surface area contributed by atoms with Gasteiger partial charge in [0.25, 0.3) is 0 Å². The van der Waals surface area contributed by atoms with Gasteiger partial charge in [0.05, 0.1) is 32.3 Å². The van der Waals surface area contributed by atoms with Crippen molar-refractivity contribution in [2.75, 3.05) is 65.6 Å². The van der Waals surface area contributed by atoms with E-state index in [0.29, 0.717) is 45.9 Å². The van der Waals surface area contributed by atoms with E-state index < -0.39 is 6.04 Å². The molecule has 0 aromatic heterocycles. The van der Waals surface area contributed by atoms with Gasteiger partial charge in [0.1, 0.15) is 0 Å². The van der Waals surface area contributed by atoms with Crippen LogP contribution in [0.25, 0.3) is 0 Å². The Morgan fingerprint density at radius 1 is 0.929 bits per heavy atom. The molecule has 2 fully saturated rings. The van der Waals surface area contributed by atoms with E-state index in [-0.39, 0.29) is 55.0 Å². The molecule has 1 atom stereocenters. The van der Waals surface area contributed by atoms with Gasteiger partial charge in [-0.3, -0.25) is 19.3 Å². The van der Waals surface area contributed by atoms with Crippen LogP contribution in [0, 0.1) is 5.92 Å². The third-order valence-electron chi connectivity index (χ3n) is 4.88. The first-order chi connectivity index (χ1) is 12.4. The molecule has 2 saturated heterocycles. The first kappa shape index (κ1) is 26.9. The highest BCUT2D eigenvalue weighted by atomic mass is 35.5. The number of nitrogens with two attached hydrogens (primary N) is 1. The normalized spacial score (nSPS) is 18.7. The van der Waals surface area contributed by atoms with E-state index in [4.69, 9.17) is 10.5 Å². The van der Waals surface area contributed by atoms with Crippen LogP contribution < -0.4 is 11.1 Å². The first-order valence-electron chi connectivity index (χ1n) is 9.27. The number of halogens is 2. The highest BCUT2D eigenvalue weighted by Gasteiger charge is 2.26. The van der Waals surface area contributed by atoms with Gasteiger partial charge in [0, 0.05) is 39.3 Å². The molecule has 2 rings (SSSR count). The summed E-state index contributed by atoms with van der Waals surface area (Å²) in [5.41, 5.74) is 5.76. The van der Waals surface area contributed by atoms with Crippen LogP contribution in [0.2, 0.25) is 0 Å². The van der Waals surface area contributed by atoms with Crippen molar-refractivity contribution in [3.63, 3.8) is 0 Å². The Morgan fingerprint density at radius 3 is 1.93 bits per heavy atom. The number of hydrogen-bond donors (Lipinski definition) is 2. The molecule has 9 nitrogen and oxygen atoms in total. The number of nitrogens with zero attached hydrogens (tertiary/aromatic N) is 3. The van der Waals surface area contributed by atoms with Crippen LogP contribution >= 0.6 is 24.8 Å². The highest BCUT2D eigenvalue weighted by Crippen LogP contribution is 2.05. The van der Waals surface area contributed by atoms with Gasteiger partial charge >= 0.3 is 0 Å². The fourth-order valence-corrected chi connectivity index (χ4v) is 2.95. The molecule has 0 bridgehead atoms. The Hall–Kier alpha value is -1.13. The van der Waals surface area contributed by atoms with Crippen molar-refractivity contribution in [3.05, 3.63) is 0 Å². The molecule has 0 aromatic rings. The molecule has 3 amide bonds. The van der Waals surface area contributed by atoms with E-state index in [0.717, 1.165) is 13.1 Å². The standard InChI is InChI=1S/C17H31N5O4.2ClH/c1-13(2)16(18)17(25)19-11-14(23)21-3-5-22(6-4-21)15(24)12-20-7-9-26-10-8-20;;/h13,16H,3-12,18H2,1-2H3,(H,19,25);2*1H/t16-;;/m0../s1. The van der Waals surface area contributed by atoms with Gasteiger partial charge in [0.2, 0.25) is 17.7 Å². The average molecular weight is 442 g/mol. The molecule has 0 saturated carbocycles. The summed E-state index contributed by atoms with van der Waals surface area (Å²) in [5, 5.41) is 2.59. The second kappa shape index (κ2) is 13.2. The molecule has 3 N–H and O–H groups in total. The highest BCUT2D eigenvalue weighted by molar-refractivity contribution is 5.87. The minimum Gasteiger partial charge on any atom is -0.379 e. The summed E-state index contributed by atoms with van der Waals surface area (Å²) < 4.78 is 5.29. The van der Waals surface area contributed by atoms with Gasteiger partial charge < -0.3 is 25.6 Å². The topological polar surface area (TPSA) is 108 Å². The molecule has 2 aliphatic heterocycles. The number of morpholine rings is 1. The summed E-state index contributed by atoms with van der Waals surface area (Å²) in [4.78, 5) is 42.0. The Kier molecular flexibility index (Phi) is 12.6. The minimum atomic E-state index is -0.613. The van der Waals surface area contributed by atoms with Crippen molar-refractivity contribution in [1.82, 2.24) is 20.0 Å². The minimum absolute atomic E-state index is 0. The zero-order chi connectivity index (χ0) is 19.1. The smallest absolute Gasteiger partial charge is 0.242 e. The van der Waals surface area contributed by atoms with Crippen molar-refractivity contribution in [3.8, 4) is 0 Å². The summed E-state index contributed by atoms with van der Waals surface area (Å²) in [5.74, 6) is -0.344. The average Bonchev–Trinajstić information content (AvgIpc) is 2.66. The summed E-state index contributed by atoms with van der Waals surface area (Å²) in [6.07, 6.45) is 0. The lowest BCUT2D eigenvalue weighted by Crippen LogP contribution is -2.55. The number of carbonyl (C=O) groups is 3. The number of hydrogen-bond acceptors (Lipinski definition) is 6. The van der Waals surface area contributed by atoms with Crippen LogP contribution in [0.15, 0.2) is 0 Å². The third-order valence-corrected chi connectivity index (χ3v) is 4.88. The van der Waals surface area contributed by atoms with E-state index >= 15 is 0 Å². The summed E-state index contributed by atoms with van der Waals surface area (Å²) in [7, 11) is 0. The van der Waals surface area contributed by atoms with Crippen molar-refractivity contribution in [2.24, 2.45) is 11.7 Å². The fraction of sp³-hybridized carbons (Fsp3) is 0.824. The van der Waals surface area contributed by atoms with Crippen LogP contribution in [0.1, 0.15) is 13.8 Å². The van der Waals surface area contributed by atoms with Crippen LogP contribution in [0.3, 0.4) is 0 Å². The Labute approximate surface area is 179 Å². The van der Waals surface area contributed by atoms with Gasteiger partial charge in [-0.1, -0.05) is 13.8 Å². The number of nitrogens with one attached hydrogen (secondary N) is 1. The van der Waals surface area contributed by atoms with Crippen LogP contribution in [-0.4, -0.2) is 104 Å². The molecule has 0 radical (unpaired) electrons. The molecular formula is C17H33Cl2N5O4. The third kappa shape index (κ3) is 8.08. The van der Waals surface area contributed by atoms with Gasteiger partial charge in [0.15, 0.2) is 0 Å². The molecule has 0 aliphatic carbocycles. The predicted molar refractivity (Wildman–Crippen MR) is 111 cm³/mol. The lowest BCUT2D eigenvalue weighted by atomic mass is 10.1. The van der Waals surface area contributed by atoms with Crippen molar-refractivity contribution < 1.29 is 19.1 Å². The monoisotopic (exact) mass is 441 g/mol. The summed E-state index contributed by atoms with van der Waals surface area (Å²) in [6, 6.07) is -0.613. The molecule has 2 heterocycles. The predicted octanol–water partition coefficient (Wildman–Crippen LogP) is -1.07. The lowest BCUT2D eigenvalue weighted by Gasteiger charge is -2.36. The number of rotatable bonds is 6. The maximum atomic E-state index is 12.4. The van der Waals surface area contributed by atoms with E-state index in [9.17, 15) is 14.4 Å². The first-order valence-corrected chi connectivity index (χ1v) is 9.27. The molecule has 2 aliphatic rings. The second-order valence-corrected chi connectivity index (χ2v) is 7.14. The SMILES string of the molecule is CC(C)[C@H](N)C(=O)NCC(=O)N1CCN(C(=O)CN2CCOCC2)CC1.Cl.Cl. The Balaban J connectivity index is 0.00000364. The van der Waals surface area contributed by atoms with Gasteiger partial charge in [-0.25, -0.2) is 0 Å². The van der Waals surface area contributed by atoms with E-state index in [1.807, 2.05) is 13.8 Å². The van der Waals surface area contributed by atoms with Crippen LogP contribution in [-0.2, 0) is 19.1 Å². The number of carbonyl (C=O) groups excluding carboxylic acids is 3. The fourth-order valence-electron chi connectivity index (χ4n) is 2.95. The second-order valence-electron chi connectivity index (χ2n) is 7.14.